The van der Waals surface area contributed by atoms with E-state index < -0.39 is 0 Å². The van der Waals surface area contributed by atoms with E-state index >= 15 is 0 Å². The van der Waals surface area contributed by atoms with E-state index in [1.807, 2.05) is 18.2 Å². The SMILES string of the molecule is CCCCCCCCCCCCCCCCCCOC(=O)CC[C@@H](C)[C@H]1CC[C@H]2[C@@H]3CCC4CC(OCc5cc(N)cc(N)c5)CC[C@]4(C)[C@H]3CC[C@]12C. The Labute approximate surface area is 332 Å². The minimum atomic E-state index is 0.0362. The van der Waals surface area contributed by atoms with Crippen LogP contribution in [0.2, 0.25) is 0 Å². The zero-order valence-electron chi connectivity index (χ0n) is 35.7. The lowest BCUT2D eigenvalue weighted by Gasteiger charge is -2.61. The second-order valence-corrected chi connectivity index (χ2v) is 19.6. The van der Waals surface area contributed by atoms with Crippen molar-refractivity contribution >= 4 is 17.3 Å². The second-order valence-electron chi connectivity index (χ2n) is 19.6. The number of anilines is 2. The van der Waals surface area contributed by atoms with Crippen LogP contribution < -0.4 is 11.5 Å². The highest BCUT2D eigenvalue weighted by atomic mass is 16.5. The zero-order valence-corrected chi connectivity index (χ0v) is 35.7. The van der Waals surface area contributed by atoms with Crippen LogP contribution in [0.3, 0.4) is 0 Å². The minimum Gasteiger partial charge on any atom is -0.466 e. The molecule has 0 saturated heterocycles. The highest BCUT2D eigenvalue weighted by Crippen LogP contribution is 2.68. The number of nitrogen functional groups attached to an aromatic ring is 2. The number of unbranched alkanes of at least 4 members (excludes halogenated alkanes) is 15. The highest BCUT2D eigenvalue weighted by molar-refractivity contribution is 5.69. The number of carbonyl (C=O) groups is 1. The summed E-state index contributed by atoms with van der Waals surface area (Å²) in [5.41, 5.74) is 15.5. The molecule has 0 bridgehead atoms. The Morgan fingerprint density at radius 3 is 1.93 bits per heavy atom. The molecule has 0 aliphatic heterocycles. The lowest BCUT2D eigenvalue weighted by molar-refractivity contribution is -0.145. The standard InChI is InChI=1S/C49H84N2O3/c1-5-6-7-8-9-10-11-12-13-14-15-16-17-18-19-20-31-53-47(52)26-21-37(2)44-24-25-45-43-23-22-39-34-42(54-36-38-32-40(50)35-41(51)33-38)27-29-48(39,3)46(43)28-30-49(44,45)4/h32-33,35,37,39,42-46H,5-31,34,36,50-51H2,1-4H3/t37-,39?,42?,43+,44-,45+,46+,48+,49-/m1/s1. The highest BCUT2D eigenvalue weighted by Gasteiger charge is 2.60. The molecule has 0 heterocycles. The average Bonchev–Trinajstić information content (AvgIpc) is 3.51. The van der Waals surface area contributed by atoms with Gasteiger partial charge in [-0.25, -0.2) is 0 Å². The van der Waals surface area contributed by atoms with Crippen LogP contribution in [0.25, 0.3) is 0 Å². The van der Waals surface area contributed by atoms with Gasteiger partial charge in [0.25, 0.3) is 0 Å². The van der Waals surface area contributed by atoms with E-state index in [0.717, 1.165) is 59.4 Å². The van der Waals surface area contributed by atoms with Crippen molar-refractivity contribution in [2.75, 3.05) is 18.1 Å². The summed E-state index contributed by atoms with van der Waals surface area (Å²) >= 11 is 0. The van der Waals surface area contributed by atoms with Crippen LogP contribution in [0.4, 0.5) is 11.4 Å². The second kappa shape index (κ2) is 21.7. The van der Waals surface area contributed by atoms with Gasteiger partial charge in [0, 0.05) is 17.8 Å². The van der Waals surface area contributed by atoms with Crippen molar-refractivity contribution in [3.8, 4) is 0 Å². The van der Waals surface area contributed by atoms with Gasteiger partial charge >= 0.3 is 5.97 Å². The number of ether oxygens (including phenoxy) is 2. The molecule has 54 heavy (non-hydrogen) atoms. The Hall–Kier alpha value is -1.75. The van der Waals surface area contributed by atoms with Crippen LogP contribution in [-0.4, -0.2) is 18.7 Å². The Kier molecular flexibility index (Phi) is 17.4. The van der Waals surface area contributed by atoms with Crippen LogP contribution in [0.15, 0.2) is 18.2 Å². The third-order valence-electron chi connectivity index (χ3n) is 16.0. The van der Waals surface area contributed by atoms with Crippen LogP contribution in [-0.2, 0) is 20.9 Å². The molecule has 0 amide bonds. The summed E-state index contributed by atoms with van der Waals surface area (Å²) in [6.45, 7) is 11.3. The summed E-state index contributed by atoms with van der Waals surface area (Å²) < 4.78 is 12.2. The van der Waals surface area contributed by atoms with E-state index in [9.17, 15) is 4.79 Å². The number of nitrogens with two attached hydrogens (primary N) is 2. The lowest BCUT2D eigenvalue weighted by Crippen LogP contribution is -2.54. The van der Waals surface area contributed by atoms with E-state index in [4.69, 9.17) is 20.9 Å². The van der Waals surface area contributed by atoms with Crippen LogP contribution >= 0.6 is 0 Å². The van der Waals surface area contributed by atoms with Gasteiger partial charge in [-0.3, -0.25) is 4.79 Å². The maximum atomic E-state index is 12.8. The first-order valence-electron chi connectivity index (χ1n) is 23.6. The van der Waals surface area contributed by atoms with Crippen molar-refractivity contribution in [1.82, 2.24) is 0 Å². The number of carbonyl (C=O) groups excluding carboxylic acids is 1. The number of rotatable bonds is 24. The Morgan fingerprint density at radius 1 is 0.722 bits per heavy atom. The zero-order chi connectivity index (χ0) is 38.4. The van der Waals surface area contributed by atoms with Gasteiger partial charge in [-0.05, 0) is 141 Å². The molecule has 0 radical (unpaired) electrons. The van der Waals surface area contributed by atoms with Crippen molar-refractivity contribution in [3.05, 3.63) is 23.8 Å². The maximum Gasteiger partial charge on any atom is 0.305 e. The molecule has 5 nitrogen and oxygen atoms in total. The van der Waals surface area contributed by atoms with Gasteiger partial charge in [0.1, 0.15) is 0 Å². The fraction of sp³-hybridized carbons (Fsp3) is 0.857. The quantitative estimate of drug-likeness (QED) is 0.0624. The van der Waals surface area contributed by atoms with Crippen molar-refractivity contribution in [1.29, 1.82) is 0 Å². The van der Waals surface area contributed by atoms with E-state index in [1.165, 1.54) is 154 Å². The maximum absolute atomic E-state index is 12.8. The summed E-state index contributed by atoms with van der Waals surface area (Å²) in [5, 5.41) is 0. The van der Waals surface area contributed by atoms with Gasteiger partial charge in [0.15, 0.2) is 0 Å². The number of fused-ring (bicyclic) bond motifs is 5. The summed E-state index contributed by atoms with van der Waals surface area (Å²) in [5.74, 6) is 4.73. The molecule has 4 fully saturated rings. The van der Waals surface area contributed by atoms with E-state index in [2.05, 4.69) is 27.7 Å². The fourth-order valence-electron chi connectivity index (χ4n) is 12.8. The molecule has 9 atom stereocenters. The molecule has 0 aromatic heterocycles. The van der Waals surface area contributed by atoms with Crippen LogP contribution in [0, 0.1) is 46.3 Å². The van der Waals surface area contributed by atoms with Crippen LogP contribution in [0.5, 0.6) is 0 Å². The average molecular weight is 749 g/mol. The predicted octanol–water partition coefficient (Wildman–Crippen LogP) is 13.6. The monoisotopic (exact) mass is 749 g/mol. The van der Waals surface area contributed by atoms with Crippen molar-refractivity contribution < 1.29 is 14.3 Å². The number of hydrogen-bond donors (Lipinski definition) is 2. The molecule has 4 aliphatic carbocycles. The summed E-state index contributed by atoms with van der Waals surface area (Å²) in [6, 6.07) is 5.81. The molecule has 1 aromatic rings. The molecule has 308 valence electrons. The molecular formula is C49H84N2O3. The Morgan fingerprint density at radius 2 is 1.30 bits per heavy atom. The van der Waals surface area contributed by atoms with E-state index in [-0.39, 0.29) is 5.97 Å². The van der Waals surface area contributed by atoms with Gasteiger partial charge in [0.05, 0.1) is 19.3 Å². The fourth-order valence-corrected chi connectivity index (χ4v) is 12.8. The molecule has 5 heteroatoms. The van der Waals surface area contributed by atoms with Crippen molar-refractivity contribution in [2.45, 2.75) is 214 Å². The third-order valence-corrected chi connectivity index (χ3v) is 16.0. The van der Waals surface area contributed by atoms with Gasteiger partial charge in [-0.2, -0.15) is 0 Å². The van der Waals surface area contributed by atoms with Crippen LogP contribution in [0.1, 0.15) is 207 Å². The van der Waals surface area contributed by atoms with Crippen molar-refractivity contribution in [2.24, 2.45) is 46.3 Å². The molecule has 5 rings (SSSR count). The third kappa shape index (κ3) is 11.9. The lowest BCUT2D eigenvalue weighted by atomic mass is 9.44. The topological polar surface area (TPSA) is 87.6 Å². The molecule has 1 aromatic carbocycles. The normalized spacial score (nSPS) is 31.0. The van der Waals surface area contributed by atoms with E-state index in [0.29, 0.717) is 42.5 Å². The molecule has 0 spiro atoms. The summed E-state index contributed by atoms with van der Waals surface area (Å²) in [7, 11) is 0. The summed E-state index contributed by atoms with van der Waals surface area (Å²) in [6.07, 6.45) is 35.7. The molecular weight excluding hydrogens is 665 g/mol. The first-order valence-corrected chi connectivity index (χ1v) is 23.6. The van der Waals surface area contributed by atoms with Gasteiger partial charge < -0.3 is 20.9 Å². The largest absolute Gasteiger partial charge is 0.466 e. The minimum absolute atomic E-state index is 0.0362. The summed E-state index contributed by atoms with van der Waals surface area (Å²) in [4.78, 5) is 12.8. The van der Waals surface area contributed by atoms with Crippen molar-refractivity contribution in [3.63, 3.8) is 0 Å². The number of benzene rings is 1. The van der Waals surface area contributed by atoms with E-state index in [1.54, 1.807) is 0 Å². The molecule has 4 aliphatic rings. The predicted molar refractivity (Wildman–Crippen MR) is 228 cm³/mol. The Bertz CT molecular complexity index is 1230. The molecule has 4 saturated carbocycles. The number of esters is 1. The van der Waals surface area contributed by atoms with Gasteiger partial charge in [0.2, 0.25) is 0 Å². The molecule has 4 N–H and O–H groups in total. The van der Waals surface area contributed by atoms with Gasteiger partial charge in [-0.1, -0.05) is 124 Å². The first-order chi connectivity index (χ1) is 26.1. The first kappa shape index (κ1) is 43.4. The molecule has 2 unspecified atom stereocenters. The Balaban J connectivity index is 0.926. The number of hydrogen-bond acceptors (Lipinski definition) is 5. The smallest absolute Gasteiger partial charge is 0.305 e. The van der Waals surface area contributed by atoms with Gasteiger partial charge in [-0.15, -0.1) is 0 Å².